The molecule has 0 atom stereocenters. The summed E-state index contributed by atoms with van der Waals surface area (Å²) in [6, 6.07) is 65.6. The molecule has 0 unspecified atom stereocenters. The first-order valence-corrected chi connectivity index (χ1v) is 23.7. The summed E-state index contributed by atoms with van der Waals surface area (Å²) in [5.74, 6) is 2.12. The minimum absolute atomic E-state index is 0. The monoisotopic (exact) mass is 1090 g/mol. The minimum atomic E-state index is -0.0647. The summed E-state index contributed by atoms with van der Waals surface area (Å²) in [5, 5.41) is 3.53. The molecule has 0 fully saturated rings. The molecule has 1 aliphatic heterocycles. The van der Waals surface area contributed by atoms with Gasteiger partial charge in [0.15, 0.2) is 0 Å². The summed E-state index contributed by atoms with van der Waals surface area (Å²) < 4.78 is 10.1. The number of aromatic nitrogens is 2. The van der Waals surface area contributed by atoms with Crippen LogP contribution in [0.3, 0.4) is 0 Å². The number of benzene rings is 7. The van der Waals surface area contributed by atoms with Crippen molar-refractivity contribution in [2.75, 3.05) is 9.80 Å². The summed E-state index contributed by atoms with van der Waals surface area (Å²) in [5.41, 5.74) is 13.3. The maximum atomic E-state index is 6.72. The predicted octanol–water partition coefficient (Wildman–Crippen LogP) is 15.1. The maximum absolute atomic E-state index is 6.72. The number of nitrogens with zero attached hydrogens (tertiary/aromatic N) is 4. The van der Waals surface area contributed by atoms with Gasteiger partial charge in [-0.1, -0.05) is 93.6 Å². The SMILES string of the molecule is CC(C)(C)c1cc(-c2ccccc2)c(N2[CH-]N(c3[c-]c(Oc4[c-]c5c(cc4)c4ccccc4n5-c4cc(C(C)(C)C)c5cc[se]c5n4)ccc3)c3ccccc32)c(-c2ccccc2)c1.[Pt]. The second kappa shape index (κ2) is 16.7. The fourth-order valence-electron chi connectivity index (χ4n) is 9.08. The van der Waals surface area contributed by atoms with Crippen LogP contribution in [0.2, 0.25) is 0 Å². The van der Waals surface area contributed by atoms with E-state index in [0.29, 0.717) is 11.5 Å². The molecule has 0 N–H and O–H groups in total. The van der Waals surface area contributed by atoms with Gasteiger partial charge in [0.1, 0.15) is 0 Å². The van der Waals surface area contributed by atoms with E-state index in [4.69, 9.17) is 9.72 Å². The van der Waals surface area contributed by atoms with Crippen LogP contribution in [0.25, 0.3) is 59.7 Å². The molecule has 3 aromatic heterocycles. The number of pyridine rings is 1. The molecular weight excluding hydrogens is 1040 g/mol. The van der Waals surface area contributed by atoms with E-state index in [-0.39, 0.29) is 46.4 Å². The van der Waals surface area contributed by atoms with Crippen LogP contribution in [0.15, 0.2) is 169 Å². The van der Waals surface area contributed by atoms with Crippen molar-refractivity contribution in [3.8, 4) is 39.6 Å². The van der Waals surface area contributed by atoms with Gasteiger partial charge in [-0.05, 0) is 46.4 Å². The van der Waals surface area contributed by atoms with Gasteiger partial charge in [-0.25, -0.2) is 0 Å². The van der Waals surface area contributed by atoms with Gasteiger partial charge in [0.2, 0.25) is 0 Å². The van der Waals surface area contributed by atoms with Gasteiger partial charge in [0.05, 0.1) is 0 Å². The van der Waals surface area contributed by atoms with Gasteiger partial charge in [0.25, 0.3) is 0 Å². The molecule has 0 bridgehead atoms. The minimum Gasteiger partial charge on any atom is -0.0622 e. The molecule has 7 aromatic carbocycles. The van der Waals surface area contributed by atoms with Gasteiger partial charge >= 0.3 is 204 Å². The number of anilines is 4. The molecular formula is C58H47N4OPtSe-3. The van der Waals surface area contributed by atoms with Crippen molar-refractivity contribution in [2.45, 2.75) is 52.4 Å². The van der Waals surface area contributed by atoms with E-state index < -0.39 is 0 Å². The molecule has 0 spiro atoms. The normalized spacial score (nSPS) is 12.8. The molecule has 5 nitrogen and oxygen atoms in total. The van der Waals surface area contributed by atoms with Crippen molar-refractivity contribution in [1.82, 2.24) is 9.55 Å². The Hall–Kier alpha value is -6.16. The number of ether oxygens (including phenoxy) is 1. The summed E-state index contributed by atoms with van der Waals surface area (Å²) in [7, 11) is 0. The summed E-state index contributed by atoms with van der Waals surface area (Å²) in [4.78, 5) is 12.1. The van der Waals surface area contributed by atoms with Gasteiger partial charge in [-0.2, -0.15) is 0 Å². The van der Waals surface area contributed by atoms with Crippen LogP contribution in [0, 0.1) is 18.8 Å². The molecule has 4 heterocycles. The number of rotatable bonds is 7. The van der Waals surface area contributed by atoms with Crippen LogP contribution in [0.5, 0.6) is 11.5 Å². The summed E-state index contributed by atoms with van der Waals surface area (Å²) in [6.07, 6.45) is 0. The first kappa shape index (κ1) is 42.8. The number of fused-ring (bicyclic) bond motifs is 5. The smallest absolute Gasteiger partial charge is 0.0622 e. The summed E-state index contributed by atoms with van der Waals surface area (Å²) >= 11 is 0.193. The zero-order chi connectivity index (χ0) is 43.7. The third-order valence-corrected chi connectivity index (χ3v) is 14.0. The van der Waals surface area contributed by atoms with Gasteiger partial charge in [-0.3, -0.25) is 0 Å². The predicted molar refractivity (Wildman–Crippen MR) is 267 cm³/mol. The van der Waals surface area contributed by atoms with E-state index in [2.05, 4.69) is 225 Å². The number of hydrogen-bond donors (Lipinski definition) is 0. The van der Waals surface area contributed by atoms with Crippen LogP contribution in [0.1, 0.15) is 52.7 Å². The Morgan fingerprint density at radius 3 is 1.88 bits per heavy atom. The second-order valence-corrected chi connectivity index (χ2v) is 20.5. The van der Waals surface area contributed by atoms with E-state index in [1.54, 1.807) is 0 Å². The molecule has 65 heavy (non-hydrogen) atoms. The van der Waals surface area contributed by atoms with Crippen LogP contribution in [0.4, 0.5) is 22.7 Å². The molecule has 0 aliphatic carbocycles. The Morgan fingerprint density at radius 2 is 1.20 bits per heavy atom. The van der Waals surface area contributed by atoms with Crippen molar-refractivity contribution in [3.63, 3.8) is 0 Å². The molecule has 0 amide bonds. The van der Waals surface area contributed by atoms with Crippen LogP contribution >= 0.6 is 0 Å². The molecule has 11 rings (SSSR count). The molecule has 7 heteroatoms. The molecule has 324 valence electrons. The van der Waals surface area contributed by atoms with E-state index in [1.165, 1.54) is 43.2 Å². The van der Waals surface area contributed by atoms with Crippen molar-refractivity contribution in [3.05, 3.63) is 199 Å². The molecule has 0 saturated heterocycles. The Kier molecular flexibility index (Phi) is 11.0. The van der Waals surface area contributed by atoms with Crippen LogP contribution < -0.4 is 14.5 Å². The first-order chi connectivity index (χ1) is 31.0. The third kappa shape index (κ3) is 7.72. The fraction of sp³-hybridized carbons (Fsp3) is 0.138. The quantitative estimate of drug-likeness (QED) is 0.118. The molecule has 10 aromatic rings. The second-order valence-electron chi connectivity index (χ2n) is 18.6. The Labute approximate surface area is 402 Å². The van der Waals surface area contributed by atoms with E-state index in [0.717, 1.165) is 50.4 Å². The standard InChI is InChI=1S/C58H47N4OSe.Pt/c1-57(2,3)40-32-47(38-18-9-7-10-19-38)55(48(33-40)39-20-11-8-12-21-39)61-37-60(51-26-15-16-27-52(51)61)41-22-17-23-42(34-41)63-43-28-29-45-44-24-13-14-25-50(44)62(53(45)35-43)54-36-49(58(4,5)6)46-30-31-64-56(46)59-54;/h7-33,36-37H,1-6H3;/q-3;. The third-order valence-electron chi connectivity index (χ3n) is 12.3. The van der Waals surface area contributed by atoms with Crippen molar-refractivity contribution in [2.24, 2.45) is 0 Å². The van der Waals surface area contributed by atoms with Crippen molar-refractivity contribution >= 4 is 68.8 Å². The zero-order valence-corrected chi connectivity index (χ0v) is 41.2. The van der Waals surface area contributed by atoms with Crippen molar-refractivity contribution in [1.29, 1.82) is 0 Å². The first-order valence-electron chi connectivity index (χ1n) is 21.9. The summed E-state index contributed by atoms with van der Waals surface area (Å²) in [6.45, 7) is 15.9. The van der Waals surface area contributed by atoms with E-state index >= 15 is 0 Å². The van der Waals surface area contributed by atoms with Gasteiger partial charge < -0.3 is 4.90 Å². The molecule has 1 aliphatic rings. The molecule has 0 saturated carbocycles. The average Bonchev–Trinajstić information content (AvgIpc) is 4.03. The van der Waals surface area contributed by atoms with Gasteiger partial charge in [0, 0.05) is 49.3 Å². The van der Waals surface area contributed by atoms with E-state index in [1.807, 2.05) is 18.2 Å². The van der Waals surface area contributed by atoms with Gasteiger partial charge in [-0.15, -0.1) is 6.67 Å². The Bertz CT molecular complexity index is 3320. The average molecular weight is 1090 g/mol. The van der Waals surface area contributed by atoms with Crippen LogP contribution in [-0.2, 0) is 31.9 Å². The van der Waals surface area contributed by atoms with Crippen LogP contribution in [-0.4, -0.2) is 24.1 Å². The molecule has 0 radical (unpaired) electrons. The zero-order valence-electron chi connectivity index (χ0n) is 37.2. The number of hydrogen-bond acceptors (Lipinski definition) is 4. The van der Waals surface area contributed by atoms with E-state index in [9.17, 15) is 0 Å². The Balaban J connectivity index is 0.00000498. The number of para-hydroxylation sites is 3. The fourth-order valence-corrected chi connectivity index (χ4v) is 10.7. The topological polar surface area (TPSA) is 33.5 Å². The van der Waals surface area contributed by atoms with Crippen molar-refractivity contribution < 1.29 is 25.8 Å². The Morgan fingerprint density at radius 1 is 0.569 bits per heavy atom.